The predicted octanol–water partition coefficient (Wildman–Crippen LogP) is 6.67. The normalized spacial score (nSPS) is 12.3. The predicted molar refractivity (Wildman–Crippen MR) is 96.1 cm³/mol. The number of ether oxygens (including phenoxy) is 1. The highest BCUT2D eigenvalue weighted by Gasteiger charge is 2.10. The first-order chi connectivity index (χ1) is 10.7. The Labute approximate surface area is 139 Å². The summed E-state index contributed by atoms with van der Waals surface area (Å²) in [5.74, 6) is 0.454. The smallest absolute Gasteiger partial charge is 0.302 e. The quantitative estimate of drug-likeness (QED) is 0.235. The summed E-state index contributed by atoms with van der Waals surface area (Å²) in [6, 6.07) is 0. The Hall–Kier alpha value is -0.530. The zero-order valence-electron chi connectivity index (χ0n) is 15.5. The molecular formula is C20H40O2. The van der Waals surface area contributed by atoms with E-state index in [1.165, 1.54) is 96.8 Å². The van der Waals surface area contributed by atoms with E-state index < -0.39 is 0 Å². The van der Waals surface area contributed by atoms with Crippen LogP contribution in [-0.2, 0) is 9.53 Å². The molecule has 0 saturated carbocycles. The molecule has 132 valence electrons. The van der Waals surface area contributed by atoms with Gasteiger partial charge in [-0.2, -0.15) is 0 Å². The molecule has 0 aliphatic heterocycles. The van der Waals surface area contributed by atoms with E-state index in [9.17, 15) is 4.79 Å². The van der Waals surface area contributed by atoms with E-state index >= 15 is 0 Å². The molecule has 0 spiro atoms. The van der Waals surface area contributed by atoms with Crippen molar-refractivity contribution in [3.63, 3.8) is 0 Å². The maximum Gasteiger partial charge on any atom is 0.302 e. The van der Waals surface area contributed by atoms with Crippen LogP contribution in [-0.4, -0.2) is 12.6 Å². The molecular weight excluding hydrogens is 272 g/mol. The van der Waals surface area contributed by atoms with Gasteiger partial charge < -0.3 is 4.74 Å². The first-order valence-electron chi connectivity index (χ1n) is 9.84. The molecule has 0 aromatic rings. The van der Waals surface area contributed by atoms with Gasteiger partial charge in [0.2, 0.25) is 0 Å². The Morgan fingerprint density at radius 1 is 0.727 bits per heavy atom. The summed E-state index contributed by atoms with van der Waals surface area (Å²) in [4.78, 5) is 11.0. The van der Waals surface area contributed by atoms with Crippen LogP contribution in [0.15, 0.2) is 0 Å². The van der Waals surface area contributed by atoms with Crippen molar-refractivity contribution in [2.75, 3.05) is 6.61 Å². The number of carbonyl (C=O) groups is 1. The number of rotatable bonds is 16. The average molecular weight is 313 g/mol. The van der Waals surface area contributed by atoms with Gasteiger partial charge in [-0.15, -0.1) is 0 Å². The van der Waals surface area contributed by atoms with E-state index in [-0.39, 0.29) is 5.97 Å². The highest BCUT2D eigenvalue weighted by molar-refractivity contribution is 5.65. The van der Waals surface area contributed by atoms with E-state index in [2.05, 4.69) is 13.8 Å². The second-order valence-corrected chi connectivity index (χ2v) is 6.78. The van der Waals surface area contributed by atoms with E-state index in [1.54, 1.807) is 0 Å². The van der Waals surface area contributed by atoms with Gasteiger partial charge in [-0.05, 0) is 18.8 Å². The Balaban J connectivity index is 3.65. The number of carbonyl (C=O) groups excluding carboxylic acids is 1. The molecule has 0 aliphatic rings. The Morgan fingerprint density at radius 3 is 1.59 bits per heavy atom. The summed E-state index contributed by atoms with van der Waals surface area (Å²) in [7, 11) is 0. The standard InChI is InChI=1S/C20H40O2/c1-4-6-8-10-11-12-13-15-17-20(18-22-19(3)21)16-14-9-7-5-2/h20H,4-18H2,1-3H3. The Bertz CT molecular complexity index is 238. The van der Waals surface area contributed by atoms with Crippen LogP contribution in [0.25, 0.3) is 0 Å². The average Bonchev–Trinajstić information content (AvgIpc) is 2.50. The lowest BCUT2D eigenvalue weighted by molar-refractivity contribution is -0.142. The molecule has 0 amide bonds. The molecule has 0 rings (SSSR count). The largest absolute Gasteiger partial charge is 0.466 e. The van der Waals surface area contributed by atoms with Crippen molar-refractivity contribution in [2.24, 2.45) is 5.92 Å². The van der Waals surface area contributed by atoms with Crippen LogP contribution < -0.4 is 0 Å². The Kier molecular flexibility index (Phi) is 16.4. The van der Waals surface area contributed by atoms with Gasteiger partial charge in [-0.25, -0.2) is 0 Å². The van der Waals surface area contributed by atoms with Crippen molar-refractivity contribution in [3.8, 4) is 0 Å². The maximum absolute atomic E-state index is 11.0. The number of esters is 1. The number of hydrogen-bond donors (Lipinski definition) is 0. The summed E-state index contributed by atoms with van der Waals surface area (Å²) < 4.78 is 5.24. The fraction of sp³-hybridized carbons (Fsp3) is 0.950. The van der Waals surface area contributed by atoms with E-state index in [4.69, 9.17) is 4.74 Å². The van der Waals surface area contributed by atoms with Crippen molar-refractivity contribution in [2.45, 2.75) is 111 Å². The molecule has 0 heterocycles. The highest BCUT2D eigenvalue weighted by Crippen LogP contribution is 2.19. The molecule has 2 heteroatoms. The van der Waals surface area contributed by atoms with Gasteiger partial charge in [0, 0.05) is 6.92 Å². The lowest BCUT2D eigenvalue weighted by Crippen LogP contribution is -2.12. The second-order valence-electron chi connectivity index (χ2n) is 6.78. The second kappa shape index (κ2) is 16.8. The fourth-order valence-electron chi connectivity index (χ4n) is 2.97. The molecule has 0 radical (unpaired) electrons. The van der Waals surface area contributed by atoms with Gasteiger partial charge in [-0.3, -0.25) is 4.79 Å². The molecule has 0 aliphatic carbocycles. The van der Waals surface area contributed by atoms with Crippen molar-refractivity contribution >= 4 is 5.97 Å². The summed E-state index contributed by atoms with van der Waals surface area (Å²) in [5.41, 5.74) is 0. The monoisotopic (exact) mass is 312 g/mol. The lowest BCUT2D eigenvalue weighted by Gasteiger charge is -2.16. The number of hydrogen-bond acceptors (Lipinski definition) is 2. The van der Waals surface area contributed by atoms with Gasteiger partial charge in [-0.1, -0.05) is 90.9 Å². The third kappa shape index (κ3) is 15.9. The zero-order chi connectivity index (χ0) is 16.5. The van der Waals surface area contributed by atoms with E-state index in [1.807, 2.05) is 0 Å². The van der Waals surface area contributed by atoms with Gasteiger partial charge in [0.1, 0.15) is 0 Å². The molecule has 2 nitrogen and oxygen atoms in total. The van der Waals surface area contributed by atoms with Gasteiger partial charge in [0.15, 0.2) is 0 Å². The Morgan fingerprint density at radius 2 is 1.14 bits per heavy atom. The van der Waals surface area contributed by atoms with Crippen LogP contribution >= 0.6 is 0 Å². The zero-order valence-corrected chi connectivity index (χ0v) is 15.5. The first-order valence-corrected chi connectivity index (χ1v) is 9.84. The minimum absolute atomic E-state index is 0.130. The van der Waals surface area contributed by atoms with Crippen molar-refractivity contribution in [3.05, 3.63) is 0 Å². The van der Waals surface area contributed by atoms with Crippen LogP contribution in [0.1, 0.15) is 111 Å². The maximum atomic E-state index is 11.0. The third-order valence-electron chi connectivity index (χ3n) is 4.45. The lowest BCUT2D eigenvalue weighted by atomic mass is 9.95. The summed E-state index contributed by atoms with van der Waals surface area (Å²) >= 11 is 0. The van der Waals surface area contributed by atoms with Crippen molar-refractivity contribution in [1.82, 2.24) is 0 Å². The van der Waals surface area contributed by atoms with Crippen LogP contribution in [0.2, 0.25) is 0 Å². The molecule has 0 N–H and O–H groups in total. The van der Waals surface area contributed by atoms with E-state index in [0.717, 1.165) is 0 Å². The molecule has 0 aromatic carbocycles. The highest BCUT2D eigenvalue weighted by atomic mass is 16.5. The molecule has 22 heavy (non-hydrogen) atoms. The van der Waals surface area contributed by atoms with Crippen LogP contribution in [0.4, 0.5) is 0 Å². The molecule has 0 fully saturated rings. The van der Waals surface area contributed by atoms with Crippen molar-refractivity contribution in [1.29, 1.82) is 0 Å². The first kappa shape index (κ1) is 21.5. The molecule has 1 atom stereocenters. The topological polar surface area (TPSA) is 26.3 Å². The third-order valence-corrected chi connectivity index (χ3v) is 4.45. The summed E-state index contributed by atoms with van der Waals surface area (Å²) in [5, 5.41) is 0. The molecule has 0 saturated heterocycles. The van der Waals surface area contributed by atoms with Gasteiger partial charge in [0.25, 0.3) is 0 Å². The number of unbranched alkanes of at least 4 members (excludes halogenated alkanes) is 10. The minimum atomic E-state index is -0.130. The van der Waals surface area contributed by atoms with Gasteiger partial charge in [0.05, 0.1) is 6.61 Å². The SMILES string of the molecule is CCCCCCCCCCC(CCCCCC)COC(C)=O. The van der Waals surface area contributed by atoms with Crippen LogP contribution in [0.5, 0.6) is 0 Å². The molecule has 0 bridgehead atoms. The minimum Gasteiger partial charge on any atom is -0.466 e. The van der Waals surface area contributed by atoms with Crippen molar-refractivity contribution < 1.29 is 9.53 Å². The van der Waals surface area contributed by atoms with Crippen LogP contribution in [0.3, 0.4) is 0 Å². The van der Waals surface area contributed by atoms with Gasteiger partial charge >= 0.3 is 5.97 Å². The van der Waals surface area contributed by atoms with E-state index in [0.29, 0.717) is 12.5 Å². The summed E-state index contributed by atoms with van der Waals surface area (Å²) in [6.45, 7) is 6.67. The summed E-state index contributed by atoms with van der Waals surface area (Å²) in [6.07, 6.45) is 18.6. The molecule has 0 aromatic heterocycles. The van der Waals surface area contributed by atoms with Crippen LogP contribution in [0, 0.1) is 5.92 Å². The fourth-order valence-corrected chi connectivity index (χ4v) is 2.97. The molecule has 1 unspecified atom stereocenters.